The number of aromatic nitrogens is 1. The number of unbranched alkanes of at least 4 members (excludes halogenated alkanes) is 9. The lowest BCUT2D eigenvalue weighted by atomic mass is 10.1. The van der Waals surface area contributed by atoms with Gasteiger partial charge in [-0.2, -0.15) is 4.57 Å². The minimum absolute atomic E-state index is 1.14. The van der Waals surface area contributed by atoms with E-state index in [2.05, 4.69) is 91.2 Å². The number of hydrogen-bond donors (Lipinski definition) is 0. The molecule has 0 aliphatic carbocycles. The van der Waals surface area contributed by atoms with Crippen molar-refractivity contribution in [1.82, 2.24) is 0 Å². The van der Waals surface area contributed by atoms with Crippen LogP contribution in [0.1, 0.15) is 81.7 Å². The van der Waals surface area contributed by atoms with Gasteiger partial charge in [0.15, 0.2) is 0 Å². The molecule has 0 saturated carbocycles. The predicted octanol–water partition coefficient (Wildman–Crippen LogP) is 8.25. The minimum Gasteiger partial charge on any atom is -0.375 e. The molecule has 0 aliphatic heterocycles. The van der Waals surface area contributed by atoms with Gasteiger partial charge in [0, 0.05) is 31.4 Å². The van der Waals surface area contributed by atoms with Crippen molar-refractivity contribution in [2.75, 3.05) is 18.5 Å². The third kappa shape index (κ3) is 7.48. The zero-order valence-electron chi connectivity index (χ0n) is 20.4. The Morgan fingerprint density at radius 2 is 1.41 bits per heavy atom. The van der Waals surface area contributed by atoms with Crippen molar-refractivity contribution < 1.29 is 4.57 Å². The molecule has 172 valence electrons. The van der Waals surface area contributed by atoms with E-state index < -0.39 is 0 Å². The first-order valence-electron chi connectivity index (χ1n) is 12.6. The number of aryl methyl sites for hydroxylation is 1. The molecule has 0 unspecified atom stereocenters. The van der Waals surface area contributed by atoms with Gasteiger partial charge in [0.25, 0.3) is 5.01 Å². The Morgan fingerprint density at radius 1 is 0.781 bits per heavy atom. The molecule has 0 spiro atoms. The molecule has 3 rings (SSSR count). The maximum Gasteiger partial charge on any atom is 0.262 e. The molecule has 0 atom stereocenters. The molecule has 3 aromatic rings. The molecule has 0 fully saturated rings. The second-order valence-corrected chi connectivity index (χ2v) is 10.1. The van der Waals surface area contributed by atoms with Crippen LogP contribution in [0.2, 0.25) is 0 Å². The zero-order chi connectivity index (χ0) is 22.6. The Bertz CT molecular complexity index is 955. The summed E-state index contributed by atoms with van der Waals surface area (Å²) in [6, 6.07) is 17.5. The van der Waals surface area contributed by atoms with E-state index in [0.29, 0.717) is 0 Å². The lowest BCUT2D eigenvalue weighted by Gasteiger charge is -2.19. The second kappa shape index (κ2) is 13.4. The summed E-state index contributed by atoms with van der Waals surface area (Å²) in [4.78, 5) is 2.39. The van der Waals surface area contributed by atoms with Crippen LogP contribution in [-0.2, 0) is 7.05 Å². The fourth-order valence-corrected chi connectivity index (χ4v) is 5.29. The van der Waals surface area contributed by atoms with Crippen LogP contribution in [0.4, 0.5) is 5.69 Å². The van der Waals surface area contributed by atoms with E-state index >= 15 is 0 Å². The molecule has 0 bridgehead atoms. The van der Waals surface area contributed by atoms with E-state index in [0.717, 1.165) is 6.54 Å². The fraction of sp³-hybridized carbons (Fsp3) is 0.483. The van der Waals surface area contributed by atoms with Crippen molar-refractivity contribution in [3.05, 3.63) is 59.1 Å². The van der Waals surface area contributed by atoms with Crippen molar-refractivity contribution in [2.24, 2.45) is 7.05 Å². The lowest BCUT2D eigenvalue weighted by Crippen LogP contribution is -2.28. The van der Waals surface area contributed by atoms with Gasteiger partial charge in [0.05, 0.1) is 0 Å². The van der Waals surface area contributed by atoms with Gasteiger partial charge in [-0.25, -0.2) is 0 Å². The Hall–Kier alpha value is -2.13. The smallest absolute Gasteiger partial charge is 0.262 e. The van der Waals surface area contributed by atoms with Crippen LogP contribution >= 0.6 is 11.3 Å². The van der Waals surface area contributed by atoms with Crippen LogP contribution < -0.4 is 9.47 Å². The van der Waals surface area contributed by atoms with E-state index in [1.54, 1.807) is 0 Å². The van der Waals surface area contributed by atoms with Crippen LogP contribution in [0, 0.1) is 0 Å². The summed E-state index contributed by atoms with van der Waals surface area (Å²) in [5, 5.41) is 1.27. The van der Waals surface area contributed by atoms with Crippen molar-refractivity contribution in [2.45, 2.75) is 71.1 Å². The van der Waals surface area contributed by atoms with Crippen molar-refractivity contribution in [3.8, 4) is 0 Å². The number of hydrogen-bond acceptors (Lipinski definition) is 2. The molecule has 0 N–H and O–H groups in total. The van der Waals surface area contributed by atoms with E-state index in [-0.39, 0.29) is 0 Å². The Morgan fingerprint density at radius 3 is 2.06 bits per heavy atom. The first-order chi connectivity index (χ1) is 15.7. The minimum atomic E-state index is 1.14. The Balaban J connectivity index is 1.38. The van der Waals surface area contributed by atoms with Crippen LogP contribution in [0.15, 0.2) is 48.5 Å². The largest absolute Gasteiger partial charge is 0.375 e. The van der Waals surface area contributed by atoms with Crippen LogP contribution in [-0.4, -0.2) is 13.6 Å². The van der Waals surface area contributed by atoms with Crippen molar-refractivity contribution in [1.29, 1.82) is 0 Å². The Kier molecular flexibility index (Phi) is 10.3. The molecule has 1 aromatic heterocycles. The summed E-state index contributed by atoms with van der Waals surface area (Å²) in [5.74, 6) is 0. The number of nitrogens with zero attached hydrogens (tertiary/aromatic N) is 2. The summed E-state index contributed by atoms with van der Waals surface area (Å²) in [6.07, 6.45) is 18.4. The van der Waals surface area contributed by atoms with Crippen LogP contribution in [0.5, 0.6) is 0 Å². The standard InChI is InChI=1S/C29H41N2S/c1-4-5-6-7-8-9-10-11-12-15-24-30(2)26-21-18-25(19-22-26)20-23-29-31(3)27-16-13-14-17-28(27)32-29/h13-14,16-23H,4-12,15,24H2,1-3H3/q+1. The topological polar surface area (TPSA) is 7.12 Å². The fourth-order valence-electron chi connectivity index (χ4n) is 4.24. The van der Waals surface area contributed by atoms with Gasteiger partial charge in [-0.3, -0.25) is 0 Å². The molecule has 0 saturated heterocycles. The van der Waals surface area contributed by atoms with Crippen molar-refractivity contribution in [3.63, 3.8) is 0 Å². The SMILES string of the molecule is CCCCCCCCCCCCN(C)c1ccc(/C=C/c2sc3ccccc3[n+]2C)cc1. The van der Waals surface area contributed by atoms with Crippen molar-refractivity contribution >= 4 is 39.4 Å². The molecule has 32 heavy (non-hydrogen) atoms. The van der Waals surface area contributed by atoms with Crippen LogP contribution in [0.25, 0.3) is 22.4 Å². The first kappa shape index (κ1) is 24.5. The zero-order valence-corrected chi connectivity index (χ0v) is 21.2. The summed E-state index contributed by atoms with van der Waals surface area (Å²) < 4.78 is 3.60. The predicted molar refractivity (Wildman–Crippen MR) is 143 cm³/mol. The molecule has 0 amide bonds. The van der Waals surface area contributed by atoms with E-state index in [4.69, 9.17) is 0 Å². The molecule has 0 radical (unpaired) electrons. The number of para-hydroxylation sites is 1. The van der Waals surface area contributed by atoms with Gasteiger partial charge in [-0.05, 0) is 36.3 Å². The van der Waals surface area contributed by atoms with Gasteiger partial charge in [-0.1, -0.05) is 100 Å². The quantitative estimate of drug-likeness (QED) is 0.177. The number of rotatable bonds is 14. The van der Waals surface area contributed by atoms with Gasteiger partial charge >= 0.3 is 0 Å². The van der Waals surface area contributed by atoms with Gasteiger partial charge in [0.2, 0.25) is 5.52 Å². The van der Waals surface area contributed by atoms with Gasteiger partial charge in [-0.15, -0.1) is 0 Å². The van der Waals surface area contributed by atoms with Gasteiger partial charge in [0.1, 0.15) is 11.7 Å². The third-order valence-electron chi connectivity index (χ3n) is 6.37. The maximum atomic E-state index is 2.39. The highest BCUT2D eigenvalue weighted by Gasteiger charge is 2.13. The average Bonchev–Trinajstić information content (AvgIpc) is 3.14. The normalized spacial score (nSPS) is 11.6. The summed E-state index contributed by atoms with van der Waals surface area (Å²) in [7, 11) is 4.36. The number of thiazole rings is 1. The highest BCUT2D eigenvalue weighted by Crippen LogP contribution is 2.22. The number of benzene rings is 2. The molecule has 2 aromatic carbocycles. The summed E-state index contributed by atoms with van der Waals surface area (Å²) in [5.41, 5.74) is 3.85. The highest BCUT2D eigenvalue weighted by atomic mass is 32.1. The third-order valence-corrected chi connectivity index (χ3v) is 7.56. The lowest BCUT2D eigenvalue weighted by molar-refractivity contribution is -0.642. The molecule has 3 heteroatoms. The average molecular weight is 450 g/mol. The van der Waals surface area contributed by atoms with E-state index in [1.807, 2.05) is 11.3 Å². The monoisotopic (exact) mass is 449 g/mol. The summed E-state index contributed by atoms with van der Waals surface area (Å²) >= 11 is 1.84. The maximum absolute atomic E-state index is 2.39. The summed E-state index contributed by atoms with van der Waals surface area (Å²) in [6.45, 7) is 3.43. The molecular weight excluding hydrogens is 408 g/mol. The van der Waals surface area contributed by atoms with E-state index in [1.165, 1.54) is 90.7 Å². The highest BCUT2D eigenvalue weighted by molar-refractivity contribution is 7.18. The van der Waals surface area contributed by atoms with Crippen LogP contribution in [0.3, 0.4) is 0 Å². The van der Waals surface area contributed by atoms with Gasteiger partial charge < -0.3 is 4.90 Å². The Labute approximate surface area is 199 Å². The number of anilines is 1. The molecule has 2 nitrogen and oxygen atoms in total. The first-order valence-corrected chi connectivity index (χ1v) is 13.4. The molecule has 0 aliphatic rings. The van der Waals surface area contributed by atoms with E-state index in [9.17, 15) is 0 Å². The molecule has 1 heterocycles. The molecular formula is C29H41N2S+. The second-order valence-electron chi connectivity index (χ2n) is 9.00. The number of fused-ring (bicyclic) bond motifs is 1.